The number of aliphatic hydroxyl groups excluding tert-OH is 3. The number of carbonyl (C=O) groups excluding carboxylic acids is 2. The number of rotatable bonds is 4. The molecule has 4 atom stereocenters. The largest absolute Gasteiger partial charge is 0.388 e. The van der Waals surface area contributed by atoms with Crippen molar-refractivity contribution in [2.75, 3.05) is 39.4 Å². The fourth-order valence-electron chi connectivity index (χ4n) is 4.88. The molecule has 10 nitrogen and oxygen atoms in total. The van der Waals surface area contributed by atoms with Gasteiger partial charge in [0, 0.05) is 55.4 Å². The SMILES string of the molecule is Cl.N[C@@H](Cc1c[nH]c2ccccc12)C(=O)N1CCCCOC[C@@H](O)[C@H](O)[C@@H](O)CN(C(=O)c2ccc(F)cc2)CC1. The summed E-state index contributed by atoms with van der Waals surface area (Å²) < 4.78 is 18.9. The Kier molecular flexibility index (Phi) is 12.1. The average molecular weight is 593 g/mol. The Bertz CT molecular complexity index is 1280. The number of β-amino-alcohol motifs (C(OH)–C–C–N with tert-alkyl or cyclic N) is 1. The molecule has 0 saturated carbocycles. The van der Waals surface area contributed by atoms with Crippen molar-refractivity contribution in [2.45, 2.75) is 43.6 Å². The fraction of sp³-hybridized carbons (Fsp3) is 0.448. The first-order chi connectivity index (χ1) is 19.2. The van der Waals surface area contributed by atoms with E-state index >= 15 is 0 Å². The minimum Gasteiger partial charge on any atom is -0.388 e. The van der Waals surface area contributed by atoms with E-state index in [-0.39, 0.29) is 50.1 Å². The number of halogens is 2. The van der Waals surface area contributed by atoms with Crippen LogP contribution in [0.15, 0.2) is 54.7 Å². The molecule has 224 valence electrons. The van der Waals surface area contributed by atoms with Gasteiger partial charge < -0.3 is 40.6 Å². The topological polar surface area (TPSA) is 152 Å². The van der Waals surface area contributed by atoms with Gasteiger partial charge in [-0.2, -0.15) is 0 Å². The number of benzene rings is 2. The first kappa shape index (κ1) is 32.5. The second kappa shape index (κ2) is 15.2. The van der Waals surface area contributed by atoms with Gasteiger partial charge in [-0.1, -0.05) is 18.2 Å². The molecule has 1 aliphatic rings. The number of para-hydroxylation sites is 1. The summed E-state index contributed by atoms with van der Waals surface area (Å²) in [6.45, 7) is 0.312. The summed E-state index contributed by atoms with van der Waals surface area (Å²) in [5.41, 5.74) is 8.46. The van der Waals surface area contributed by atoms with Crippen LogP contribution in [0.25, 0.3) is 10.9 Å². The lowest BCUT2D eigenvalue weighted by atomic mass is 10.0. The van der Waals surface area contributed by atoms with Crippen LogP contribution < -0.4 is 5.73 Å². The third-order valence-corrected chi connectivity index (χ3v) is 7.21. The summed E-state index contributed by atoms with van der Waals surface area (Å²) in [5, 5.41) is 32.3. The van der Waals surface area contributed by atoms with Crippen LogP contribution in [0.3, 0.4) is 0 Å². The minimum absolute atomic E-state index is 0. The van der Waals surface area contributed by atoms with E-state index in [0.717, 1.165) is 28.6 Å². The van der Waals surface area contributed by atoms with E-state index in [0.29, 0.717) is 32.4 Å². The van der Waals surface area contributed by atoms with Gasteiger partial charge in [0.25, 0.3) is 5.91 Å². The molecule has 2 amide bonds. The number of amides is 2. The number of fused-ring (bicyclic) bond motifs is 1. The molecular formula is C29H38ClFN4O6. The summed E-state index contributed by atoms with van der Waals surface area (Å²) in [7, 11) is 0. The standard InChI is InChI=1S/C29H37FN4O6.ClH/c30-21-9-7-19(8-10-21)28(38)34-13-12-33(11-3-4-14-40-18-26(36)27(37)25(35)17-34)29(39)23(31)15-20-16-32-24-6-2-1-5-22(20)24;/h1-2,5-10,16,23,25-27,32,35-37H,3-4,11-15,17-18,31H2;1H/t23-,25-,26+,27+;/m0./s1. The first-order valence-corrected chi connectivity index (χ1v) is 13.5. The number of aliphatic hydroxyl groups is 3. The van der Waals surface area contributed by atoms with Crippen molar-refractivity contribution in [3.8, 4) is 0 Å². The van der Waals surface area contributed by atoms with Gasteiger partial charge in [0.2, 0.25) is 5.91 Å². The molecule has 2 heterocycles. The Morgan fingerprint density at radius 3 is 2.46 bits per heavy atom. The Balaban J connectivity index is 0.00000462. The number of hydrogen-bond acceptors (Lipinski definition) is 7. The number of nitrogens with zero attached hydrogens (tertiary/aromatic N) is 2. The molecule has 3 aromatic rings. The molecule has 6 N–H and O–H groups in total. The van der Waals surface area contributed by atoms with E-state index in [1.54, 1.807) is 4.90 Å². The number of aromatic nitrogens is 1. The van der Waals surface area contributed by atoms with Crippen molar-refractivity contribution in [1.82, 2.24) is 14.8 Å². The molecule has 0 radical (unpaired) electrons. The Morgan fingerprint density at radius 1 is 1.00 bits per heavy atom. The second-order valence-electron chi connectivity index (χ2n) is 10.2. The van der Waals surface area contributed by atoms with Crippen molar-refractivity contribution in [3.63, 3.8) is 0 Å². The van der Waals surface area contributed by atoms with Gasteiger partial charge in [-0.05, 0) is 55.2 Å². The van der Waals surface area contributed by atoms with Crippen LogP contribution >= 0.6 is 12.4 Å². The van der Waals surface area contributed by atoms with Gasteiger partial charge in [0.15, 0.2) is 0 Å². The predicted molar refractivity (Wildman–Crippen MR) is 154 cm³/mol. The molecule has 2 aromatic carbocycles. The lowest BCUT2D eigenvalue weighted by Gasteiger charge is -2.33. The lowest BCUT2D eigenvalue weighted by Crippen LogP contribution is -2.51. The van der Waals surface area contributed by atoms with E-state index in [1.807, 2.05) is 30.5 Å². The zero-order valence-electron chi connectivity index (χ0n) is 22.7. The quantitative estimate of drug-likeness (QED) is 0.307. The van der Waals surface area contributed by atoms with E-state index in [9.17, 15) is 29.3 Å². The molecule has 1 saturated heterocycles. The van der Waals surface area contributed by atoms with Crippen LogP contribution in [0.4, 0.5) is 4.39 Å². The van der Waals surface area contributed by atoms with E-state index in [2.05, 4.69) is 4.98 Å². The van der Waals surface area contributed by atoms with Gasteiger partial charge in [-0.15, -0.1) is 12.4 Å². The Morgan fingerprint density at radius 2 is 1.71 bits per heavy atom. The van der Waals surface area contributed by atoms with Crippen molar-refractivity contribution in [1.29, 1.82) is 0 Å². The molecule has 12 heteroatoms. The van der Waals surface area contributed by atoms with Gasteiger partial charge in [-0.25, -0.2) is 4.39 Å². The van der Waals surface area contributed by atoms with E-state index in [4.69, 9.17) is 10.5 Å². The normalized spacial score (nSPS) is 22.0. The molecule has 41 heavy (non-hydrogen) atoms. The van der Waals surface area contributed by atoms with Crippen molar-refractivity contribution >= 4 is 35.1 Å². The van der Waals surface area contributed by atoms with Crippen LogP contribution in [0.1, 0.15) is 28.8 Å². The highest BCUT2D eigenvalue weighted by molar-refractivity contribution is 5.94. The first-order valence-electron chi connectivity index (χ1n) is 13.5. The summed E-state index contributed by atoms with van der Waals surface area (Å²) in [6.07, 6.45) is -1.04. The smallest absolute Gasteiger partial charge is 0.254 e. The predicted octanol–water partition coefficient (Wildman–Crippen LogP) is 1.46. The highest BCUT2D eigenvalue weighted by Crippen LogP contribution is 2.19. The fourth-order valence-corrected chi connectivity index (χ4v) is 4.88. The maximum absolute atomic E-state index is 13.5. The zero-order valence-corrected chi connectivity index (χ0v) is 23.5. The number of ether oxygens (including phenoxy) is 1. The van der Waals surface area contributed by atoms with Crippen molar-refractivity contribution in [2.24, 2.45) is 5.73 Å². The maximum atomic E-state index is 13.5. The molecular weight excluding hydrogens is 555 g/mol. The number of nitrogens with one attached hydrogen (secondary N) is 1. The van der Waals surface area contributed by atoms with Gasteiger partial charge >= 0.3 is 0 Å². The molecule has 0 spiro atoms. The molecule has 0 unspecified atom stereocenters. The van der Waals surface area contributed by atoms with Crippen molar-refractivity contribution < 1.29 is 34.0 Å². The van der Waals surface area contributed by atoms with E-state index in [1.165, 1.54) is 17.0 Å². The summed E-state index contributed by atoms with van der Waals surface area (Å²) in [4.78, 5) is 32.9. The molecule has 0 aliphatic carbocycles. The van der Waals surface area contributed by atoms with Crippen LogP contribution in [-0.2, 0) is 16.0 Å². The lowest BCUT2D eigenvalue weighted by molar-refractivity contribution is -0.133. The van der Waals surface area contributed by atoms with Crippen LogP contribution in [0, 0.1) is 5.82 Å². The highest BCUT2D eigenvalue weighted by atomic mass is 35.5. The number of aromatic amines is 1. The Hall–Kier alpha value is -3.06. The van der Waals surface area contributed by atoms with Crippen LogP contribution in [0.2, 0.25) is 0 Å². The highest BCUT2D eigenvalue weighted by Gasteiger charge is 2.30. The third kappa shape index (κ3) is 8.48. The minimum atomic E-state index is -1.56. The van der Waals surface area contributed by atoms with Crippen LogP contribution in [0.5, 0.6) is 0 Å². The van der Waals surface area contributed by atoms with Gasteiger partial charge in [0.1, 0.15) is 24.1 Å². The second-order valence-corrected chi connectivity index (χ2v) is 10.2. The summed E-state index contributed by atoms with van der Waals surface area (Å²) in [5.74, 6) is -1.29. The molecule has 4 rings (SSSR count). The van der Waals surface area contributed by atoms with Gasteiger partial charge in [-0.3, -0.25) is 9.59 Å². The third-order valence-electron chi connectivity index (χ3n) is 7.21. The Labute approximate surface area is 244 Å². The van der Waals surface area contributed by atoms with E-state index < -0.39 is 36.1 Å². The molecule has 0 bridgehead atoms. The molecule has 1 fully saturated rings. The average Bonchev–Trinajstić information content (AvgIpc) is 3.36. The van der Waals surface area contributed by atoms with Crippen LogP contribution in [-0.4, -0.2) is 106 Å². The van der Waals surface area contributed by atoms with Crippen molar-refractivity contribution in [3.05, 3.63) is 71.7 Å². The molecule has 1 aromatic heterocycles. The number of H-pyrrole nitrogens is 1. The summed E-state index contributed by atoms with van der Waals surface area (Å²) >= 11 is 0. The monoisotopic (exact) mass is 592 g/mol. The molecule has 1 aliphatic heterocycles. The summed E-state index contributed by atoms with van der Waals surface area (Å²) in [6, 6.07) is 11.9. The number of nitrogens with two attached hydrogens (primary N) is 1. The number of hydrogen-bond donors (Lipinski definition) is 5. The van der Waals surface area contributed by atoms with Gasteiger partial charge in [0.05, 0.1) is 12.6 Å². The zero-order chi connectivity index (χ0) is 28.6. The maximum Gasteiger partial charge on any atom is 0.254 e. The number of carbonyl (C=O) groups is 2.